The molecule has 1 saturated heterocycles. The van der Waals surface area contributed by atoms with E-state index >= 15 is 0 Å². The molecule has 1 aliphatic rings. The van der Waals surface area contributed by atoms with E-state index in [2.05, 4.69) is 25.9 Å². The predicted octanol–water partition coefficient (Wildman–Crippen LogP) is 2.93. The Morgan fingerprint density at radius 2 is 2.17 bits per heavy atom. The molecule has 1 aromatic carbocycles. The fourth-order valence-corrected chi connectivity index (χ4v) is 3.14. The smallest absolute Gasteiger partial charge is 0.319 e. The van der Waals surface area contributed by atoms with E-state index in [9.17, 15) is 4.79 Å². The highest BCUT2D eigenvalue weighted by Gasteiger charge is 2.26. The standard InChI is InChI=1S/C17H18BrN3O3/c1-23-17-19-9-8-15(20-17)24-12-5-4-10-21(11-12)16(22)13-6-2-3-7-14(13)18/h2-3,6-9,12H,4-5,10-11H2,1H3. The van der Waals surface area contributed by atoms with E-state index in [1.807, 2.05) is 29.2 Å². The van der Waals surface area contributed by atoms with Crippen molar-refractivity contribution in [3.63, 3.8) is 0 Å². The number of hydrogen-bond acceptors (Lipinski definition) is 5. The molecule has 0 aliphatic carbocycles. The lowest BCUT2D eigenvalue weighted by atomic mass is 10.1. The number of rotatable bonds is 4. The largest absolute Gasteiger partial charge is 0.472 e. The van der Waals surface area contributed by atoms with Gasteiger partial charge in [-0.25, -0.2) is 4.98 Å². The van der Waals surface area contributed by atoms with Crippen LogP contribution in [-0.4, -0.2) is 47.1 Å². The molecule has 1 aromatic heterocycles. The number of aromatic nitrogens is 2. The molecule has 0 bridgehead atoms. The first kappa shape index (κ1) is 16.7. The highest BCUT2D eigenvalue weighted by molar-refractivity contribution is 9.10. The summed E-state index contributed by atoms with van der Waals surface area (Å²) in [5.74, 6) is 0.470. The number of nitrogens with zero attached hydrogens (tertiary/aromatic N) is 3. The summed E-state index contributed by atoms with van der Waals surface area (Å²) in [5, 5.41) is 0. The molecule has 24 heavy (non-hydrogen) atoms. The van der Waals surface area contributed by atoms with Gasteiger partial charge in [-0.3, -0.25) is 4.79 Å². The van der Waals surface area contributed by atoms with Crippen molar-refractivity contribution in [2.45, 2.75) is 18.9 Å². The first-order valence-corrected chi connectivity index (χ1v) is 8.54. The third-order valence-electron chi connectivity index (χ3n) is 3.85. The van der Waals surface area contributed by atoms with E-state index in [0.717, 1.165) is 23.9 Å². The van der Waals surface area contributed by atoms with Crippen LogP contribution in [0, 0.1) is 0 Å². The van der Waals surface area contributed by atoms with Crippen molar-refractivity contribution in [1.29, 1.82) is 0 Å². The van der Waals surface area contributed by atoms with Crippen LogP contribution in [0.25, 0.3) is 0 Å². The Bertz CT molecular complexity index is 726. The number of hydrogen-bond donors (Lipinski definition) is 0. The van der Waals surface area contributed by atoms with Crippen LogP contribution in [0.1, 0.15) is 23.2 Å². The van der Waals surface area contributed by atoms with E-state index in [0.29, 0.717) is 18.0 Å². The molecule has 0 radical (unpaired) electrons. The first-order valence-electron chi connectivity index (χ1n) is 7.75. The van der Waals surface area contributed by atoms with Crippen LogP contribution < -0.4 is 9.47 Å². The molecule has 1 amide bonds. The number of amides is 1. The topological polar surface area (TPSA) is 64.6 Å². The summed E-state index contributed by atoms with van der Waals surface area (Å²) in [4.78, 5) is 22.7. The molecular weight excluding hydrogens is 374 g/mol. The number of benzene rings is 1. The van der Waals surface area contributed by atoms with Gasteiger partial charge in [0.25, 0.3) is 5.91 Å². The summed E-state index contributed by atoms with van der Waals surface area (Å²) in [5.41, 5.74) is 0.668. The summed E-state index contributed by atoms with van der Waals surface area (Å²) >= 11 is 3.44. The summed E-state index contributed by atoms with van der Waals surface area (Å²) in [6.07, 6.45) is 3.27. The second kappa shape index (κ2) is 7.61. The van der Waals surface area contributed by atoms with E-state index in [-0.39, 0.29) is 18.0 Å². The maximum absolute atomic E-state index is 12.7. The minimum absolute atomic E-state index is 0.0102. The first-order chi connectivity index (χ1) is 11.7. The van der Waals surface area contributed by atoms with Gasteiger partial charge in [0.1, 0.15) is 6.10 Å². The summed E-state index contributed by atoms with van der Waals surface area (Å²) in [6.45, 7) is 1.26. The van der Waals surface area contributed by atoms with Crippen LogP contribution >= 0.6 is 15.9 Å². The second-order valence-electron chi connectivity index (χ2n) is 5.49. The molecule has 1 atom stereocenters. The van der Waals surface area contributed by atoms with Crippen LogP contribution in [-0.2, 0) is 0 Å². The van der Waals surface area contributed by atoms with Gasteiger partial charge in [0.15, 0.2) is 0 Å². The quantitative estimate of drug-likeness (QED) is 0.801. The molecule has 6 nitrogen and oxygen atoms in total. The van der Waals surface area contributed by atoms with Crippen molar-refractivity contribution in [2.24, 2.45) is 0 Å². The van der Waals surface area contributed by atoms with Crippen molar-refractivity contribution in [3.8, 4) is 11.9 Å². The van der Waals surface area contributed by atoms with Crippen molar-refractivity contribution in [3.05, 3.63) is 46.6 Å². The number of halogens is 1. The summed E-state index contributed by atoms with van der Waals surface area (Å²) in [7, 11) is 1.51. The maximum atomic E-state index is 12.7. The van der Waals surface area contributed by atoms with Gasteiger partial charge >= 0.3 is 6.01 Å². The molecule has 1 aliphatic heterocycles. The van der Waals surface area contributed by atoms with E-state index in [1.54, 1.807) is 12.3 Å². The zero-order valence-electron chi connectivity index (χ0n) is 13.3. The Labute approximate surface area is 148 Å². The van der Waals surface area contributed by atoms with Crippen molar-refractivity contribution < 1.29 is 14.3 Å². The SMILES string of the molecule is COc1nccc(OC2CCCN(C(=O)c3ccccc3Br)C2)n1. The number of ether oxygens (including phenoxy) is 2. The highest BCUT2D eigenvalue weighted by atomic mass is 79.9. The van der Waals surface area contributed by atoms with Gasteiger partial charge in [-0.1, -0.05) is 12.1 Å². The summed E-state index contributed by atoms with van der Waals surface area (Å²) < 4.78 is 11.7. The second-order valence-corrected chi connectivity index (χ2v) is 6.35. The van der Waals surface area contributed by atoms with Crippen molar-refractivity contribution >= 4 is 21.8 Å². The molecule has 1 fully saturated rings. The third-order valence-corrected chi connectivity index (χ3v) is 4.54. The van der Waals surface area contributed by atoms with Gasteiger partial charge in [0.05, 0.1) is 19.2 Å². The molecular formula is C17H18BrN3O3. The highest BCUT2D eigenvalue weighted by Crippen LogP contribution is 2.22. The monoisotopic (exact) mass is 391 g/mol. The molecule has 2 aromatic rings. The average Bonchev–Trinajstić information content (AvgIpc) is 2.62. The van der Waals surface area contributed by atoms with Crippen LogP contribution in [0.2, 0.25) is 0 Å². The summed E-state index contributed by atoms with van der Waals surface area (Å²) in [6, 6.07) is 9.42. The van der Waals surface area contributed by atoms with Crippen LogP contribution in [0.15, 0.2) is 41.0 Å². The number of piperidine rings is 1. The molecule has 126 valence electrons. The van der Waals surface area contributed by atoms with E-state index < -0.39 is 0 Å². The van der Waals surface area contributed by atoms with Crippen LogP contribution in [0.3, 0.4) is 0 Å². The lowest BCUT2D eigenvalue weighted by Gasteiger charge is -2.32. The van der Waals surface area contributed by atoms with Crippen LogP contribution in [0.5, 0.6) is 11.9 Å². The Morgan fingerprint density at radius 1 is 1.33 bits per heavy atom. The van der Waals surface area contributed by atoms with Crippen molar-refractivity contribution in [2.75, 3.05) is 20.2 Å². The zero-order chi connectivity index (χ0) is 16.9. The minimum Gasteiger partial charge on any atom is -0.472 e. The van der Waals surface area contributed by atoms with Gasteiger partial charge in [-0.2, -0.15) is 4.98 Å². The average molecular weight is 392 g/mol. The van der Waals surface area contributed by atoms with Crippen LogP contribution in [0.4, 0.5) is 0 Å². The van der Waals surface area contributed by atoms with Gasteiger partial charge in [-0.05, 0) is 40.9 Å². The molecule has 2 heterocycles. The van der Waals surface area contributed by atoms with Gasteiger partial charge < -0.3 is 14.4 Å². The molecule has 0 saturated carbocycles. The third kappa shape index (κ3) is 3.84. The fraction of sp³-hybridized carbons (Fsp3) is 0.353. The Morgan fingerprint density at radius 3 is 2.96 bits per heavy atom. The number of carbonyl (C=O) groups is 1. The Hall–Kier alpha value is -2.15. The normalized spacial score (nSPS) is 17.4. The predicted molar refractivity (Wildman–Crippen MR) is 92.3 cm³/mol. The molecule has 1 unspecified atom stereocenters. The minimum atomic E-state index is -0.0928. The van der Waals surface area contributed by atoms with E-state index in [1.165, 1.54) is 7.11 Å². The lowest BCUT2D eigenvalue weighted by Crippen LogP contribution is -2.44. The number of likely N-dealkylation sites (tertiary alicyclic amines) is 1. The lowest BCUT2D eigenvalue weighted by molar-refractivity contribution is 0.0525. The van der Waals surface area contributed by atoms with Crippen molar-refractivity contribution in [1.82, 2.24) is 14.9 Å². The molecule has 0 spiro atoms. The van der Waals surface area contributed by atoms with Gasteiger partial charge in [0, 0.05) is 23.3 Å². The molecule has 3 rings (SSSR count). The Kier molecular flexibility index (Phi) is 5.30. The zero-order valence-corrected chi connectivity index (χ0v) is 14.9. The number of carbonyl (C=O) groups excluding carboxylic acids is 1. The fourth-order valence-electron chi connectivity index (χ4n) is 2.68. The molecule has 0 N–H and O–H groups in total. The van der Waals surface area contributed by atoms with Gasteiger partial charge in [0.2, 0.25) is 5.88 Å². The molecule has 7 heteroatoms. The number of methoxy groups -OCH3 is 1. The van der Waals surface area contributed by atoms with E-state index in [4.69, 9.17) is 9.47 Å². The Balaban J connectivity index is 1.68. The maximum Gasteiger partial charge on any atom is 0.319 e. The van der Waals surface area contributed by atoms with Gasteiger partial charge in [-0.15, -0.1) is 0 Å².